The second-order valence-corrected chi connectivity index (χ2v) is 8.49. The number of rotatable bonds is 7. The van der Waals surface area contributed by atoms with Crippen LogP contribution in [0.2, 0.25) is 0 Å². The number of benzene rings is 2. The van der Waals surface area contributed by atoms with Gasteiger partial charge >= 0.3 is 0 Å². The molecule has 2 aromatic carbocycles. The maximum absolute atomic E-state index is 13.0. The van der Waals surface area contributed by atoms with Gasteiger partial charge in [-0.2, -0.15) is 0 Å². The third-order valence-electron chi connectivity index (χ3n) is 5.19. The summed E-state index contributed by atoms with van der Waals surface area (Å²) in [4.78, 5) is 38.8. The Labute approximate surface area is 189 Å². The minimum absolute atomic E-state index is 0.0713. The van der Waals surface area contributed by atoms with E-state index >= 15 is 0 Å². The Morgan fingerprint density at radius 2 is 1.77 bits per heavy atom. The molecule has 0 aliphatic carbocycles. The quantitative estimate of drug-likeness (QED) is 0.624. The van der Waals surface area contributed by atoms with E-state index in [1.54, 1.807) is 29.2 Å². The molecule has 1 atom stereocenters. The number of amides is 3. The number of likely N-dealkylation sites (tertiary alicyclic amines) is 1. The summed E-state index contributed by atoms with van der Waals surface area (Å²) in [5.41, 5.74) is 1.44. The molecule has 3 rings (SSSR count). The monoisotopic (exact) mass is 489 g/mol. The molecule has 0 saturated carbocycles. The lowest BCUT2D eigenvalue weighted by Crippen LogP contribution is -2.46. The Balaban J connectivity index is 1.41. The van der Waals surface area contributed by atoms with E-state index in [2.05, 4.69) is 26.6 Å². The minimum Gasteiger partial charge on any atom is -0.355 e. The predicted octanol–water partition coefficient (Wildman–Crippen LogP) is 3.51. The van der Waals surface area contributed by atoms with Gasteiger partial charge in [0.15, 0.2) is 0 Å². The lowest BCUT2D eigenvalue weighted by atomic mass is 9.96. The molecule has 0 aromatic heterocycles. The third-order valence-corrected chi connectivity index (χ3v) is 5.72. The van der Waals surface area contributed by atoms with Crippen LogP contribution in [0, 0.1) is 11.7 Å². The zero-order valence-corrected chi connectivity index (χ0v) is 18.7. The number of piperidine rings is 1. The molecule has 1 saturated heterocycles. The van der Waals surface area contributed by atoms with Crippen molar-refractivity contribution in [1.82, 2.24) is 10.2 Å². The molecule has 6 nitrogen and oxygen atoms in total. The van der Waals surface area contributed by atoms with Gasteiger partial charge in [0, 0.05) is 36.2 Å². The molecule has 0 spiro atoms. The van der Waals surface area contributed by atoms with Crippen molar-refractivity contribution in [2.24, 2.45) is 5.92 Å². The van der Waals surface area contributed by atoms with Gasteiger partial charge in [0.25, 0.3) is 0 Å². The number of nitrogens with one attached hydrogen (secondary N) is 2. The first-order valence-electron chi connectivity index (χ1n) is 10.3. The predicted molar refractivity (Wildman–Crippen MR) is 120 cm³/mol. The van der Waals surface area contributed by atoms with E-state index in [4.69, 9.17) is 0 Å². The fourth-order valence-electron chi connectivity index (χ4n) is 3.51. The molecule has 8 heteroatoms. The van der Waals surface area contributed by atoms with E-state index in [0.717, 1.165) is 16.5 Å². The Kier molecular flexibility index (Phi) is 8.17. The largest absolute Gasteiger partial charge is 0.355 e. The second kappa shape index (κ2) is 11.0. The van der Waals surface area contributed by atoms with Gasteiger partial charge < -0.3 is 15.5 Å². The molecule has 0 radical (unpaired) electrons. The molecular formula is C23H25BrFN3O3. The highest BCUT2D eigenvalue weighted by molar-refractivity contribution is 9.10. The van der Waals surface area contributed by atoms with Crippen LogP contribution in [0.15, 0.2) is 53.0 Å². The smallest absolute Gasteiger partial charge is 0.227 e. The highest BCUT2D eigenvalue weighted by Crippen LogP contribution is 2.18. The van der Waals surface area contributed by atoms with Crippen LogP contribution < -0.4 is 10.6 Å². The molecule has 3 amide bonds. The maximum atomic E-state index is 13.0. The van der Waals surface area contributed by atoms with Gasteiger partial charge in [0.05, 0.1) is 12.3 Å². The van der Waals surface area contributed by atoms with Crippen molar-refractivity contribution in [2.75, 3.05) is 25.0 Å². The van der Waals surface area contributed by atoms with Gasteiger partial charge in [0.2, 0.25) is 17.7 Å². The highest BCUT2D eigenvalue weighted by Gasteiger charge is 2.28. The Morgan fingerprint density at radius 1 is 1.06 bits per heavy atom. The number of hydrogen-bond donors (Lipinski definition) is 2. The van der Waals surface area contributed by atoms with Crippen LogP contribution in [-0.2, 0) is 20.8 Å². The summed E-state index contributed by atoms with van der Waals surface area (Å²) in [6.45, 7) is 1.21. The van der Waals surface area contributed by atoms with Gasteiger partial charge in [-0.25, -0.2) is 4.39 Å². The summed E-state index contributed by atoms with van der Waals surface area (Å²) in [6, 6.07) is 13.1. The van der Waals surface area contributed by atoms with Crippen LogP contribution in [0.5, 0.6) is 0 Å². The number of carbonyl (C=O) groups excluding carboxylic acids is 3. The van der Waals surface area contributed by atoms with Crippen LogP contribution >= 0.6 is 15.9 Å². The summed E-state index contributed by atoms with van der Waals surface area (Å²) in [5, 5.41) is 5.59. The van der Waals surface area contributed by atoms with Gasteiger partial charge in [-0.15, -0.1) is 0 Å². The topological polar surface area (TPSA) is 78.5 Å². The lowest BCUT2D eigenvalue weighted by molar-refractivity contribution is -0.135. The molecular weight excluding hydrogens is 465 g/mol. The zero-order chi connectivity index (χ0) is 22.2. The third kappa shape index (κ3) is 7.17. The summed E-state index contributed by atoms with van der Waals surface area (Å²) in [7, 11) is 0. The standard InChI is InChI=1S/C23H25BrFN3O3/c24-18-5-9-20(10-6-18)27-21(29)11-12-26-23(31)17-2-1-13-28(15-17)22(30)14-16-3-7-19(25)8-4-16/h3-10,17H,1-2,11-15H2,(H,26,31)(H,27,29). The van der Waals surface area contributed by atoms with Crippen molar-refractivity contribution >= 4 is 39.3 Å². The zero-order valence-electron chi connectivity index (χ0n) is 17.1. The van der Waals surface area contributed by atoms with E-state index in [9.17, 15) is 18.8 Å². The maximum Gasteiger partial charge on any atom is 0.227 e. The summed E-state index contributed by atoms with van der Waals surface area (Å²) in [6.07, 6.45) is 1.81. The fraction of sp³-hybridized carbons (Fsp3) is 0.348. The second-order valence-electron chi connectivity index (χ2n) is 7.58. The number of hydrogen-bond acceptors (Lipinski definition) is 3. The van der Waals surface area contributed by atoms with Gasteiger partial charge in [-0.1, -0.05) is 28.1 Å². The molecule has 2 N–H and O–H groups in total. The first-order chi connectivity index (χ1) is 14.9. The van der Waals surface area contributed by atoms with E-state index in [-0.39, 0.29) is 48.8 Å². The van der Waals surface area contributed by atoms with Gasteiger partial charge in [-0.3, -0.25) is 14.4 Å². The number of nitrogens with zero attached hydrogens (tertiary/aromatic N) is 1. The number of carbonyl (C=O) groups is 3. The molecule has 2 aromatic rings. The van der Waals surface area contributed by atoms with Gasteiger partial charge in [-0.05, 0) is 54.8 Å². The molecule has 164 valence electrons. The SMILES string of the molecule is O=C(CCNC(=O)C1CCCN(C(=O)Cc2ccc(F)cc2)C1)Nc1ccc(Br)cc1. The summed E-state index contributed by atoms with van der Waals surface area (Å²) >= 11 is 3.34. The van der Waals surface area contributed by atoms with E-state index in [1.807, 2.05) is 12.1 Å². The molecule has 1 heterocycles. The Bertz CT molecular complexity index is 919. The van der Waals surface area contributed by atoms with Gasteiger partial charge in [0.1, 0.15) is 5.82 Å². The van der Waals surface area contributed by atoms with E-state index in [0.29, 0.717) is 25.2 Å². The molecule has 1 fully saturated rings. The first kappa shape index (κ1) is 22.9. The molecule has 1 aliphatic rings. The summed E-state index contributed by atoms with van der Waals surface area (Å²) in [5.74, 6) is -1.02. The average molecular weight is 490 g/mol. The van der Waals surface area contributed by atoms with Crippen molar-refractivity contribution in [1.29, 1.82) is 0 Å². The molecule has 31 heavy (non-hydrogen) atoms. The average Bonchev–Trinajstić information content (AvgIpc) is 2.77. The van der Waals surface area contributed by atoms with Crippen LogP contribution in [0.3, 0.4) is 0 Å². The molecule has 1 unspecified atom stereocenters. The molecule has 0 bridgehead atoms. The molecule has 1 aliphatic heterocycles. The van der Waals surface area contributed by atoms with Crippen molar-refractivity contribution in [3.63, 3.8) is 0 Å². The minimum atomic E-state index is -0.337. The van der Waals surface area contributed by atoms with E-state index in [1.165, 1.54) is 12.1 Å². The van der Waals surface area contributed by atoms with Crippen LogP contribution in [-0.4, -0.2) is 42.3 Å². The summed E-state index contributed by atoms with van der Waals surface area (Å²) < 4.78 is 14.0. The Morgan fingerprint density at radius 3 is 2.48 bits per heavy atom. The van der Waals surface area contributed by atoms with Crippen molar-refractivity contribution in [2.45, 2.75) is 25.7 Å². The van der Waals surface area contributed by atoms with E-state index < -0.39 is 0 Å². The van der Waals surface area contributed by atoms with Crippen molar-refractivity contribution < 1.29 is 18.8 Å². The lowest BCUT2D eigenvalue weighted by Gasteiger charge is -2.32. The van der Waals surface area contributed by atoms with Crippen molar-refractivity contribution in [3.8, 4) is 0 Å². The van der Waals surface area contributed by atoms with Crippen LogP contribution in [0.4, 0.5) is 10.1 Å². The number of anilines is 1. The normalized spacial score (nSPS) is 15.9. The fourth-order valence-corrected chi connectivity index (χ4v) is 3.77. The Hall–Kier alpha value is -2.74. The highest BCUT2D eigenvalue weighted by atomic mass is 79.9. The number of halogens is 2. The van der Waals surface area contributed by atoms with Crippen LogP contribution in [0.25, 0.3) is 0 Å². The van der Waals surface area contributed by atoms with Crippen molar-refractivity contribution in [3.05, 3.63) is 64.4 Å². The van der Waals surface area contributed by atoms with Crippen LogP contribution in [0.1, 0.15) is 24.8 Å². The first-order valence-corrected chi connectivity index (χ1v) is 11.1.